The first-order chi connectivity index (χ1) is 22.1. The molecule has 3 aromatic rings. The number of fused-ring (bicyclic) bond motifs is 1. The van der Waals surface area contributed by atoms with Crippen LogP contribution in [0.1, 0.15) is 66.5 Å². The van der Waals surface area contributed by atoms with E-state index in [9.17, 15) is 9.59 Å². The van der Waals surface area contributed by atoms with Crippen molar-refractivity contribution in [2.24, 2.45) is 5.92 Å². The zero-order chi connectivity index (χ0) is 34.4. The molecule has 2 N–H and O–H groups in total. The summed E-state index contributed by atoms with van der Waals surface area (Å²) in [5.41, 5.74) is 2.48. The van der Waals surface area contributed by atoms with Crippen molar-refractivity contribution < 1.29 is 18.8 Å². The fraction of sp³-hybridized carbons (Fsp3) is 0.436. The lowest BCUT2D eigenvalue weighted by Crippen LogP contribution is -2.67. The van der Waals surface area contributed by atoms with Crippen molar-refractivity contribution in [2.45, 2.75) is 84.5 Å². The molecule has 1 aliphatic heterocycles. The van der Waals surface area contributed by atoms with Gasteiger partial charge in [0.25, 0.3) is 8.32 Å². The summed E-state index contributed by atoms with van der Waals surface area (Å²) in [7, 11) is -0.826. The Balaban J connectivity index is 1.66. The Morgan fingerprint density at radius 1 is 0.979 bits per heavy atom. The molecule has 2 atom stereocenters. The molecule has 0 bridgehead atoms. The van der Waals surface area contributed by atoms with Gasteiger partial charge in [-0.3, -0.25) is 4.79 Å². The van der Waals surface area contributed by atoms with Gasteiger partial charge < -0.3 is 24.7 Å². The summed E-state index contributed by atoms with van der Waals surface area (Å²) in [5.74, 6) is 6.14. The van der Waals surface area contributed by atoms with Crippen LogP contribution in [0.3, 0.4) is 0 Å². The number of likely N-dealkylation sites (N-methyl/N-ethyl adjacent to an activating group) is 1. The van der Waals surface area contributed by atoms with Crippen LogP contribution in [0, 0.1) is 17.8 Å². The summed E-state index contributed by atoms with van der Waals surface area (Å²) in [6.45, 7) is 17.0. The molecule has 8 heteroatoms. The third-order valence-electron chi connectivity index (χ3n) is 8.50. The summed E-state index contributed by atoms with van der Waals surface area (Å²) < 4.78 is 12.5. The first-order valence-electron chi connectivity index (χ1n) is 16.5. The molecule has 0 unspecified atom stereocenters. The molecule has 1 aliphatic rings. The lowest BCUT2D eigenvalue weighted by atomic mass is 9.94. The normalized spacial score (nSPS) is 17.1. The third-order valence-corrected chi connectivity index (χ3v) is 13.5. The van der Waals surface area contributed by atoms with Crippen LogP contribution in [0.4, 0.5) is 10.5 Å². The van der Waals surface area contributed by atoms with Crippen molar-refractivity contribution in [2.75, 3.05) is 25.2 Å². The van der Waals surface area contributed by atoms with E-state index >= 15 is 0 Å². The molecule has 47 heavy (non-hydrogen) atoms. The number of hydrogen-bond acceptors (Lipinski definition) is 5. The van der Waals surface area contributed by atoms with Crippen LogP contribution < -0.4 is 25.9 Å². The van der Waals surface area contributed by atoms with Gasteiger partial charge in [0.1, 0.15) is 6.04 Å². The predicted molar refractivity (Wildman–Crippen MR) is 194 cm³/mol. The van der Waals surface area contributed by atoms with Gasteiger partial charge in [0.05, 0.1) is 12.6 Å². The largest absolute Gasteiger partial charge is 0.436 e. The van der Waals surface area contributed by atoms with E-state index in [1.54, 1.807) is 0 Å². The van der Waals surface area contributed by atoms with Crippen LogP contribution in [0.25, 0.3) is 0 Å². The molecule has 0 spiro atoms. The Kier molecular flexibility index (Phi) is 11.3. The Morgan fingerprint density at radius 3 is 2.11 bits per heavy atom. The van der Waals surface area contributed by atoms with E-state index in [1.807, 2.05) is 52.1 Å². The number of amides is 2. The molecule has 0 aromatic heterocycles. The molecule has 1 heterocycles. The minimum Gasteiger partial charge on any atom is -0.436 e. The van der Waals surface area contributed by atoms with E-state index in [0.29, 0.717) is 13.0 Å². The number of carbonyl (C=O) groups excluding carboxylic acids is 2. The molecule has 7 nitrogen and oxygen atoms in total. The molecule has 0 saturated carbocycles. The second-order valence-electron chi connectivity index (χ2n) is 14.8. The number of benzene rings is 3. The van der Waals surface area contributed by atoms with E-state index in [2.05, 4.69) is 117 Å². The maximum absolute atomic E-state index is 13.9. The maximum Gasteiger partial charge on any atom is 0.408 e. The Bertz CT molecular complexity index is 1540. The van der Waals surface area contributed by atoms with E-state index in [1.165, 1.54) is 10.4 Å². The molecule has 0 saturated heterocycles. The van der Waals surface area contributed by atoms with Gasteiger partial charge in [-0.1, -0.05) is 113 Å². The van der Waals surface area contributed by atoms with Gasteiger partial charge in [-0.2, -0.15) is 0 Å². The summed E-state index contributed by atoms with van der Waals surface area (Å²) >= 11 is 0. The minimum absolute atomic E-state index is 0.0149. The molecule has 250 valence electrons. The van der Waals surface area contributed by atoms with Crippen LogP contribution >= 0.6 is 0 Å². The van der Waals surface area contributed by atoms with Gasteiger partial charge in [-0.15, -0.1) is 0 Å². The van der Waals surface area contributed by atoms with Crippen molar-refractivity contribution >= 4 is 36.4 Å². The lowest BCUT2D eigenvalue weighted by molar-refractivity contribution is -0.124. The van der Waals surface area contributed by atoms with E-state index in [-0.39, 0.29) is 41.1 Å². The van der Waals surface area contributed by atoms with Gasteiger partial charge in [-0.25, -0.2) is 4.79 Å². The highest BCUT2D eigenvalue weighted by atomic mass is 28.4. The molecule has 4 rings (SSSR count). The molecule has 2 amide bonds. The number of anilines is 1. The highest BCUT2D eigenvalue weighted by molar-refractivity contribution is 6.99. The van der Waals surface area contributed by atoms with E-state index in [4.69, 9.17) is 9.16 Å². The van der Waals surface area contributed by atoms with Crippen LogP contribution in [0.2, 0.25) is 5.04 Å². The van der Waals surface area contributed by atoms with Crippen molar-refractivity contribution in [1.29, 1.82) is 0 Å². The van der Waals surface area contributed by atoms with Gasteiger partial charge in [0.15, 0.2) is 6.61 Å². The topological polar surface area (TPSA) is 79.9 Å². The van der Waals surface area contributed by atoms with Gasteiger partial charge in [-0.05, 0) is 66.2 Å². The quantitative estimate of drug-likeness (QED) is 0.255. The average molecular weight is 654 g/mol. The van der Waals surface area contributed by atoms with Crippen molar-refractivity contribution in [1.82, 2.24) is 10.6 Å². The zero-order valence-electron chi connectivity index (χ0n) is 29.4. The van der Waals surface area contributed by atoms with Gasteiger partial charge >= 0.3 is 6.09 Å². The Labute approximate surface area is 282 Å². The first-order valence-corrected chi connectivity index (χ1v) is 18.4. The number of carbonyl (C=O) groups is 2. The average Bonchev–Trinajstić information content (AvgIpc) is 2.99. The molecule has 3 aromatic carbocycles. The lowest BCUT2D eigenvalue weighted by Gasteiger charge is -2.44. The summed E-state index contributed by atoms with van der Waals surface area (Å²) in [6.07, 6.45) is 0.111. The zero-order valence-corrected chi connectivity index (χ0v) is 30.4. The van der Waals surface area contributed by atoms with Crippen LogP contribution in [0.15, 0.2) is 78.9 Å². The Hall–Kier alpha value is -4.06. The minimum atomic E-state index is -2.80. The SMILES string of the molecule is CC(C)[C@H]1C(=O)N[C@H](CO[Si](c2ccccc2)(c2ccccc2)C(C)(C)C)Cc2ccc(C#CCOC(=O)NC(C)(C)C)cc2N1C. The summed E-state index contributed by atoms with van der Waals surface area (Å²) in [4.78, 5) is 28.0. The second kappa shape index (κ2) is 14.8. The first kappa shape index (κ1) is 35.8. The van der Waals surface area contributed by atoms with Gasteiger partial charge in [0.2, 0.25) is 5.91 Å². The number of ether oxygens (including phenoxy) is 1. The second-order valence-corrected chi connectivity index (χ2v) is 19.1. The third kappa shape index (κ3) is 8.65. The van der Waals surface area contributed by atoms with E-state index < -0.39 is 14.4 Å². The molecular formula is C39H51N3O4Si. The monoisotopic (exact) mass is 653 g/mol. The molecule has 0 radical (unpaired) electrons. The standard InChI is InChI=1S/C39H51N3O4Si/c1-28(2)35-36(43)40-31(27-46-47(39(6,7)8,32-18-12-10-13-19-32)33-20-14-11-15-21-33)26-30-23-22-29(25-34(30)42(35)9)17-16-24-45-37(44)41-38(3,4)5/h10-15,18-23,25,28,31,35H,24,26-27H2,1-9H3,(H,40,43)(H,41,44)/t31-,35-/m0/s1. The molecular weight excluding hydrogens is 603 g/mol. The van der Waals surface area contributed by atoms with Crippen LogP contribution in [-0.2, 0) is 20.4 Å². The van der Waals surface area contributed by atoms with Crippen LogP contribution in [-0.4, -0.2) is 58.2 Å². The highest BCUT2D eigenvalue weighted by Crippen LogP contribution is 2.37. The fourth-order valence-corrected chi connectivity index (χ4v) is 11.1. The number of rotatable bonds is 7. The number of alkyl carbamates (subject to hydrolysis) is 1. The predicted octanol–water partition coefficient (Wildman–Crippen LogP) is 5.64. The maximum atomic E-state index is 13.9. The number of nitrogens with one attached hydrogen (secondary N) is 2. The molecule has 0 aliphatic carbocycles. The summed E-state index contributed by atoms with van der Waals surface area (Å²) in [5, 5.41) is 8.37. The van der Waals surface area contributed by atoms with E-state index in [0.717, 1.165) is 16.8 Å². The highest BCUT2D eigenvalue weighted by Gasteiger charge is 2.50. The van der Waals surface area contributed by atoms with Crippen molar-refractivity contribution in [3.05, 3.63) is 90.0 Å². The van der Waals surface area contributed by atoms with Crippen molar-refractivity contribution in [3.8, 4) is 11.8 Å². The number of hydrogen-bond donors (Lipinski definition) is 2. The fourth-order valence-electron chi connectivity index (χ4n) is 6.49. The Morgan fingerprint density at radius 2 is 1.57 bits per heavy atom. The van der Waals surface area contributed by atoms with Crippen molar-refractivity contribution in [3.63, 3.8) is 0 Å². The number of nitrogens with zero attached hydrogens (tertiary/aromatic N) is 1. The van der Waals surface area contributed by atoms with Crippen LogP contribution in [0.5, 0.6) is 0 Å². The molecule has 0 fully saturated rings. The smallest absolute Gasteiger partial charge is 0.408 e. The summed E-state index contributed by atoms with van der Waals surface area (Å²) in [6, 6.07) is 26.7. The van der Waals surface area contributed by atoms with Gasteiger partial charge in [0, 0.05) is 23.8 Å².